The van der Waals surface area contributed by atoms with E-state index >= 15 is 0 Å². The summed E-state index contributed by atoms with van der Waals surface area (Å²) in [6, 6.07) is 3.64. The van der Waals surface area contributed by atoms with Gasteiger partial charge in [0.2, 0.25) is 0 Å². The van der Waals surface area contributed by atoms with E-state index in [1.54, 1.807) is 0 Å². The quantitative estimate of drug-likeness (QED) is 0.601. The van der Waals surface area contributed by atoms with Crippen molar-refractivity contribution in [2.24, 2.45) is 0 Å². The maximum atomic E-state index is 14.3. The SMILES string of the molecule is CCCCCN(C(=O)c1cc(Cl)ccc1F)c1c(N)n(CCCC)c(=O)[nH]c1=O. The number of nitrogens with two attached hydrogens (primary N) is 1. The summed E-state index contributed by atoms with van der Waals surface area (Å²) >= 11 is 5.93. The molecule has 1 heterocycles. The Labute approximate surface area is 173 Å². The van der Waals surface area contributed by atoms with Crippen LogP contribution in [0.15, 0.2) is 27.8 Å². The molecule has 7 nitrogen and oxygen atoms in total. The summed E-state index contributed by atoms with van der Waals surface area (Å²) in [6.45, 7) is 4.40. The Morgan fingerprint density at radius 1 is 1.21 bits per heavy atom. The van der Waals surface area contributed by atoms with Crippen molar-refractivity contribution in [3.63, 3.8) is 0 Å². The number of aromatic nitrogens is 2. The van der Waals surface area contributed by atoms with Crippen molar-refractivity contribution in [3.05, 3.63) is 55.4 Å². The van der Waals surface area contributed by atoms with Gasteiger partial charge in [-0.05, 0) is 31.0 Å². The molecule has 9 heteroatoms. The number of H-pyrrole nitrogens is 1. The number of carbonyl (C=O) groups is 1. The van der Waals surface area contributed by atoms with Crippen LogP contribution in [0.5, 0.6) is 0 Å². The zero-order valence-electron chi connectivity index (χ0n) is 16.6. The number of amides is 1. The molecule has 0 aliphatic rings. The van der Waals surface area contributed by atoms with E-state index in [9.17, 15) is 18.8 Å². The number of nitrogen functional groups attached to an aromatic ring is 1. The van der Waals surface area contributed by atoms with Gasteiger partial charge >= 0.3 is 5.69 Å². The van der Waals surface area contributed by atoms with Gasteiger partial charge in [0.05, 0.1) is 5.56 Å². The lowest BCUT2D eigenvalue weighted by molar-refractivity contribution is 0.0982. The Bertz CT molecular complexity index is 987. The third kappa shape index (κ3) is 5.26. The van der Waals surface area contributed by atoms with Gasteiger partial charge in [0.25, 0.3) is 11.5 Å². The molecule has 3 N–H and O–H groups in total. The maximum Gasteiger partial charge on any atom is 0.330 e. The average Bonchev–Trinajstić information content (AvgIpc) is 2.68. The number of rotatable bonds is 9. The highest BCUT2D eigenvalue weighted by atomic mass is 35.5. The fraction of sp³-hybridized carbons (Fsp3) is 0.450. The van der Waals surface area contributed by atoms with Crippen molar-refractivity contribution in [2.45, 2.75) is 52.5 Å². The summed E-state index contributed by atoms with van der Waals surface area (Å²) in [5.74, 6) is -1.60. The molecule has 0 aliphatic carbocycles. The van der Waals surface area contributed by atoms with Crippen molar-refractivity contribution < 1.29 is 9.18 Å². The highest BCUT2D eigenvalue weighted by molar-refractivity contribution is 6.31. The molecule has 2 aromatic rings. The zero-order chi connectivity index (χ0) is 21.6. The number of hydrogen-bond donors (Lipinski definition) is 2. The molecule has 0 aliphatic heterocycles. The number of hydrogen-bond acceptors (Lipinski definition) is 4. The Balaban J connectivity index is 2.60. The van der Waals surface area contributed by atoms with Gasteiger partial charge in [0.15, 0.2) is 5.69 Å². The second-order valence-electron chi connectivity index (χ2n) is 6.79. The van der Waals surface area contributed by atoms with E-state index < -0.39 is 23.0 Å². The van der Waals surface area contributed by atoms with Crippen LogP contribution in [0.2, 0.25) is 5.02 Å². The molecule has 1 amide bonds. The summed E-state index contributed by atoms with van der Waals surface area (Å²) < 4.78 is 15.5. The van der Waals surface area contributed by atoms with E-state index in [1.165, 1.54) is 16.7 Å². The van der Waals surface area contributed by atoms with E-state index in [4.69, 9.17) is 17.3 Å². The first-order valence-corrected chi connectivity index (χ1v) is 10.1. The topological polar surface area (TPSA) is 101 Å². The number of unbranched alkanes of at least 4 members (excludes halogenated alkanes) is 3. The van der Waals surface area contributed by atoms with Gasteiger partial charge in [-0.1, -0.05) is 44.7 Å². The minimum Gasteiger partial charge on any atom is -0.383 e. The fourth-order valence-corrected chi connectivity index (χ4v) is 3.19. The van der Waals surface area contributed by atoms with Crippen LogP contribution >= 0.6 is 11.6 Å². The summed E-state index contributed by atoms with van der Waals surface area (Å²) in [5.41, 5.74) is 4.30. The van der Waals surface area contributed by atoms with Crippen molar-refractivity contribution >= 4 is 29.0 Å². The number of benzene rings is 1. The third-order valence-corrected chi connectivity index (χ3v) is 4.84. The van der Waals surface area contributed by atoms with Gasteiger partial charge in [0.1, 0.15) is 11.6 Å². The van der Waals surface area contributed by atoms with E-state index in [0.717, 1.165) is 30.2 Å². The molecule has 0 radical (unpaired) electrons. The number of nitrogens with zero attached hydrogens (tertiary/aromatic N) is 2. The predicted molar refractivity (Wildman–Crippen MR) is 113 cm³/mol. The highest BCUT2D eigenvalue weighted by Crippen LogP contribution is 2.23. The molecular formula is C20H26ClFN4O3. The van der Waals surface area contributed by atoms with Crippen LogP contribution in [0.4, 0.5) is 15.9 Å². The van der Waals surface area contributed by atoms with Crippen LogP contribution in [0.25, 0.3) is 0 Å². The molecule has 1 aromatic carbocycles. The van der Waals surface area contributed by atoms with Gasteiger partial charge in [-0.2, -0.15) is 0 Å². The molecular weight excluding hydrogens is 399 g/mol. The minimum atomic E-state index is -0.785. The Hall–Kier alpha value is -2.61. The smallest absolute Gasteiger partial charge is 0.330 e. The monoisotopic (exact) mass is 424 g/mol. The van der Waals surface area contributed by atoms with E-state index in [-0.39, 0.29) is 28.6 Å². The molecule has 0 unspecified atom stereocenters. The Morgan fingerprint density at radius 2 is 1.90 bits per heavy atom. The Kier molecular flexibility index (Phi) is 8.01. The molecule has 0 atom stereocenters. The van der Waals surface area contributed by atoms with Gasteiger partial charge in [-0.15, -0.1) is 0 Å². The van der Waals surface area contributed by atoms with Crippen molar-refractivity contribution in [3.8, 4) is 0 Å². The van der Waals surface area contributed by atoms with Gasteiger partial charge in [-0.3, -0.25) is 19.1 Å². The predicted octanol–water partition coefficient (Wildman–Crippen LogP) is 3.55. The molecule has 0 spiro atoms. The lowest BCUT2D eigenvalue weighted by atomic mass is 10.1. The molecule has 29 heavy (non-hydrogen) atoms. The van der Waals surface area contributed by atoms with Gasteiger partial charge in [-0.25, -0.2) is 9.18 Å². The summed E-state index contributed by atoms with van der Waals surface area (Å²) in [5, 5.41) is 0.193. The third-order valence-electron chi connectivity index (χ3n) is 4.61. The number of anilines is 2. The second kappa shape index (κ2) is 10.2. The van der Waals surface area contributed by atoms with Crippen molar-refractivity contribution in [1.82, 2.24) is 9.55 Å². The largest absolute Gasteiger partial charge is 0.383 e. The molecule has 0 fully saturated rings. The second-order valence-corrected chi connectivity index (χ2v) is 7.22. The zero-order valence-corrected chi connectivity index (χ0v) is 17.4. The maximum absolute atomic E-state index is 14.3. The van der Waals surface area contributed by atoms with Gasteiger partial charge in [0, 0.05) is 18.1 Å². The molecule has 1 aromatic heterocycles. The lowest BCUT2D eigenvalue weighted by Crippen LogP contribution is -2.42. The molecule has 158 valence electrons. The molecule has 0 bridgehead atoms. The first kappa shape index (κ1) is 22.7. The van der Waals surface area contributed by atoms with E-state index in [2.05, 4.69) is 4.98 Å². The molecule has 0 saturated heterocycles. The van der Waals surface area contributed by atoms with Crippen molar-refractivity contribution in [2.75, 3.05) is 17.2 Å². The van der Waals surface area contributed by atoms with Crippen LogP contribution in [0.1, 0.15) is 56.3 Å². The van der Waals surface area contributed by atoms with Crippen LogP contribution in [0, 0.1) is 5.82 Å². The summed E-state index contributed by atoms with van der Waals surface area (Å²) in [7, 11) is 0. The van der Waals surface area contributed by atoms with Crippen LogP contribution in [-0.2, 0) is 6.54 Å². The standard InChI is InChI=1S/C20H26ClFN4O3/c1-3-5-7-11-25(19(28)14-12-13(21)8-9-15(14)22)16-17(23)26(10-6-4-2)20(29)24-18(16)27/h8-9,12H,3-7,10-11,23H2,1-2H3,(H,24,27,29). The first-order chi connectivity index (χ1) is 13.8. The lowest BCUT2D eigenvalue weighted by Gasteiger charge is -2.25. The van der Waals surface area contributed by atoms with E-state index in [0.29, 0.717) is 19.4 Å². The van der Waals surface area contributed by atoms with Crippen molar-refractivity contribution in [1.29, 1.82) is 0 Å². The number of aromatic amines is 1. The van der Waals surface area contributed by atoms with Crippen LogP contribution in [-0.4, -0.2) is 22.0 Å². The highest BCUT2D eigenvalue weighted by Gasteiger charge is 2.27. The van der Waals surface area contributed by atoms with E-state index in [1.807, 2.05) is 13.8 Å². The molecule has 0 saturated carbocycles. The minimum absolute atomic E-state index is 0.112. The average molecular weight is 425 g/mol. The number of halogens is 2. The summed E-state index contributed by atoms with van der Waals surface area (Å²) in [4.78, 5) is 41.3. The summed E-state index contributed by atoms with van der Waals surface area (Å²) in [6.07, 6.45) is 3.75. The number of nitrogens with one attached hydrogen (secondary N) is 1. The fourth-order valence-electron chi connectivity index (χ4n) is 3.02. The first-order valence-electron chi connectivity index (χ1n) is 9.71. The normalized spacial score (nSPS) is 10.9. The Morgan fingerprint density at radius 3 is 2.55 bits per heavy atom. The molecule has 2 rings (SSSR count). The van der Waals surface area contributed by atoms with Crippen LogP contribution in [0.3, 0.4) is 0 Å². The number of carbonyl (C=O) groups excluding carboxylic acids is 1. The van der Waals surface area contributed by atoms with Gasteiger partial charge < -0.3 is 10.6 Å². The van der Waals surface area contributed by atoms with Crippen LogP contribution < -0.4 is 21.9 Å².